The van der Waals surface area contributed by atoms with Crippen molar-refractivity contribution in [1.82, 2.24) is 0 Å². The van der Waals surface area contributed by atoms with Gasteiger partial charge in [0, 0.05) is 11.0 Å². The van der Waals surface area contributed by atoms with Crippen molar-refractivity contribution < 1.29 is 9.53 Å². The van der Waals surface area contributed by atoms with Crippen LogP contribution >= 0.6 is 0 Å². The lowest BCUT2D eigenvalue weighted by Gasteiger charge is -2.15. The zero-order valence-corrected chi connectivity index (χ0v) is 11.2. The van der Waals surface area contributed by atoms with Crippen LogP contribution < -0.4 is 4.74 Å². The van der Waals surface area contributed by atoms with Gasteiger partial charge >= 0.3 is 0 Å². The number of carbonyl (C=O) groups excluding carboxylic acids is 1. The molecule has 0 atom stereocenters. The molecule has 0 aliphatic carbocycles. The van der Waals surface area contributed by atoms with Crippen molar-refractivity contribution >= 4 is 11.9 Å². The fourth-order valence-electron chi connectivity index (χ4n) is 1.49. The zero-order valence-electron chi connectivity index (χ0n) is 11.2. The third-order valence-corrected chi connectivity index (χ3v) is 2.49. The first-order valence-electron chi connectivity index (χ1n) is 5.69. The SMILES string of the molecule is COc1ccccc1C=C(C#N)C(=O)C(C)(C)C. The lowest BCUT2D eigenvalue weighted by Crippen LogP contribution is -2.21. The van der Waals surface area contributed by atoms with E-state index < -0.39 is 5.41 Å². The first kappa shape index (κ1) is 14.0. The third-order valence-electron chi connectivity index (χ3n) is 2.49. The number of nitriles is 1. The fraction of sp³-hybridized carbons (Fsp3) is 0.333. The van der Waals surface area contributed by atoms with Crippen molar-refractivity contribution in [3.63, 3.8) is 0 Å². The molecule has 94 valence electrons. The maximum atomic E-state index is 12.1. The summed E-state index contributed by atoms with van der Waals surface area (Å²) in [6.07, 6.45) is 1.58. The minimum Gasteiger partial charge on any atom is -0.496 e. The molecule has 0 radical (unpaired) electrons. The summed E-state index contributed by atoms with van der Waals surface area (Å²) in [5.74, 6) is 0.475. The molecule has 0 unspecified atom stereocenters. The Morgan fingerprint density at radius 1 is 1.33 bits per heavy atom. The highest BCUT2D eigenvalue weighted by Crippen LogP contribution is 2.24. The molecule has 3 nitrogen and oxygen atoms in total. The molecule has 0 fully saturated rings. The highest BCUT2D eigenvalue weighted by atomic mass is 16.5. The molecule has 0 aliphatic heterocycles. The Bertz CT molecular complexity index is 516. The zero-order chi connectivity index (χ0) is 13.8. The quantitative estimate of drug-likeness (QED) is 0.605. The molecule has 0 spiro atoms. The Labute approximate surface area is 108 Å². The van der Waals surface area contributed by atoms with Gasteiger partial charge in [-0.2, -0.15) is 5.26 Å². The van der Waals surface area contributed by atoms with Crippen molar-refractivity contribution in [2.45, 2.75) is 20.8 Å². The summed E-state index contributed by atoms with van der Waals surface area (Å²) in [4.78, 5) is 12.1. The average molecular weight is 243 g/mol. The number of benzene rings is 1. The van der Waals surface area contributed by atoms with Crippen LogP contribution in [-0.4, -0.2) is 12.9 Å². The van der Waals surface area contributed by atoms with E-state index >= 15 is 0 Å². The second kappa shape index (κ2) is 5.50. The van der Waals surface area contributed by atoms with Crippen LogP contribution in [0.1, 0.15) is 26.3 Å². The summed E-state index contributed by atoms with van der Waals surface area (Å²) in [7, 11) is 1.56. The molecule has 0 bridgehead atoms. The molecule has 0 aromatic heterocycles. The number of nitrogens with zero attached hydrogens (tertiary/aromatic N) is 1. The Hall–Kier alpha value is -2.08. The summed E-state index contributed by atoms with van der Waals surface area (Å²) >= 11 is 0. The van der Waals surface area contributed by atoms with Gasteiger partial charge in [0.15, 0.2) is 5.78 Å². The molecule has 0 saturated heterocycles. The number of carbonyl (C=O) groups is 1. The van der Waals surface area contributed by atoms with Gasteiger partial charge in [0.25, 0.3) is 0 Å². The number of Topliss-reactive ketones (excluding diaryl/α,β-unsaturated/α-hetero) is 1. The lowest BCUT2D eigenvalue weighted by atomic mass is 9.86. The largest absolute Gasteiger partial charge is 0.496 e. The number of allylic oxidation sites excluding steroid dienone is 1. The van der Waals surface area contributed by atoms with Crippen molar-refractivity contribution in [3.8, 4) is 11.8 Å². The summed E-state index contributed by atoms with van der Waals surface area (Å²) in [6, 6.07) is 9.25. The van der Waals surface area contributed by atoms with E-state index in [0.717, 1.165) is 5.56 Å². The van der Waals surface area contributed by atoms with E-state index in [9.17, 15) is 4.79 Å². The molecule has 0 aliphatic rings. The number of hydrogen-bond donors (Lipinski definition) is 0. The normalized spacial score (nSPS) is 11.8. The molecule has 18 heavy (non-hydrogen) atoms. The number of ether oxygens (including phenoxy) is 1. The van der Waals surface area contributed by atoms with Crippen LogP contribution in [0, 0.1) is 16.7 Å². The summed E-state index contributed by atoms with van der Waals surface area (Å²) < 4.78 is 5.19. The van der Waals surface area contributed by atoms with Crippen molar-refractivity contribution in [1.29, 1.82) is 5.26 Å². The molecule has 0 saturated carbocycles. The molecule has 0 N–H and O–H groups in total. The molecule has 1 aromatic rings. The van der Waals surface area contributed by atoms with E-state index in [1.54, 1.807) is 40.0 Å². The van der Waals surface area contributed by atoms with Crippen LogP contribution in [0.15, 0.2) is 29.8 Å². The molecule has 1 rings (SSSR count). The highest BCUT2D eigenvalue weighted by Gasteiger charge is 2.25. The molecule has 0 amide bonds. The van der Waals surface area contributed by atoms with Gasteiger partial charge in [0.1, 0.15) is 11.8 Å². The van der Waals surface area contributed by atoms with Crippen LogP contribution in [0.4, 0.5) is 0 Å². The number of ketones is 1. The van der Waals surface area contributed by atoms with Crippen LogP contribution in [0.2, 0.25) is 0 Å². The summed E-state index contributed by atoms with van der Waals surface area (Å²) in [6.45, 7) is 5.38. The number of rotatable bonds is 3. The fourth-order valence-corrected chi connectivity index (χ4v) is 1.49. The topological polar surface area (TPSA) is 50.1 Å². The molecular weight excluding hydrogens is 226 g/mol. The van der Waals surface area contributed by atoms with E-state index in [1.165, 1.54) is 0 Å². The van der Waals surface area contributed by atoms with E-state index in [-0.39, 0.29) is 11.4 Å². The van der Waals surface area contributed by atoms with Gasteiger partial charge in [0.05, 0.1) is 12.7 Å². The molecule has 3 heteroatoms. The number of para-hydroxylation sites is 1. The standard InChI is InChI=1S/C15H17NO2/c1-15(2,3)14(17)12(10-16)9-11-7-5-6-8-13(11)18-4/h5-9H,1-4H3. The number of methoxy groups -OCH3 is 1. The molecular formula is C15H17NO2. The second-order valence-electron chi connectivity index (χ2n) is 4.99. The first-order chi connectivity index (χ1) is 8.40. The highest BCUT2D eigenvalue weighted by molar-refractivity contribution is 6.06. The average Bonchev–Trinajstić information content (AvgIpc) is 2.34. The van der Waals surface area contributed by atoms with Gasteiger partial charge < -0.3 is 4.74 Å². The van der Waals surface area contributed by atoms with Crippen LogP contribution in [-0.2, 0) is 4.79 Å². The van der Waals surface area contributed by atoms with Crippen molar-refractivity contribution in [2.24, 2.45) is 5.41 Å². The van der Waals surface area contributed by atoms with E-state index in [1.807, 2.05) is 24.3 Å². The lowest BCUT2D eigenvalue weighted by molar-refractivity contribution is -0.121. The molecule has 1 aromatic carbocycles. The van der Waals surface area contributed by atoms with E-state index in [4.69, 9.17) is 10.00 Å². The van der Waals surface area contributed by atoms with Crippen molar-refractivity contribution in [2.75, 3.05) is 7.11 Å². The Kier molecular flexibility index (Phi) is 4.28. The van der Waals surface area contributed by atoms with E-state index in [2.05, 4.69) is 0 Å². The summed E-state index contributed by atoms with van der Waals surface area (Å²) in [5, 5.41) is 9.10. The Balaban J connectivity index is 3.21. The van der Waals surface area contributed by atoms with Gasteiger partial charge in [-0.25, -0.2) is 0 Å². The third kappa shape index (κ3) is 3.21. The smallest absolute Gasteiger partial charge is 0.178 e. The summed E-state index contributed by atoms with van der Waals surface area (Å²) in [5.41, 5.74) is 0.310. The van der Waals surface area contributed by atoms with Gasteiger partial charge in [-0.3, -0.25) is 4.79 Å². The van der Waals surface area contributed by atoms with E-state index in [0.29, 0.717) is 5.75 Å². The predicted octanol–water partition coefficient (Wildman–Crippen LogP) is 3.22. The van der Waals surface area contributed by atoms with Crippen LogP contribution in [0.5, 0.6) is 5.75 Å². The van der Waals surface area contributed by atoms with Crippen LogP contribution in [0.3, 0.4) is 0 Å². The predicted molar refractivity (Wildman–Crippen MR) is 71.0 cm³/mol. The Morgan fingerprint density at radius 3 is 2.44 bits per heavy atom. The van der Waals surface area contributed by atoms with Gasteiger partial charge in [-0.15, -0.1) is 0 Å². The maximum Gasteiger partial charge on any atom is 0.178 e. The number of hydrogen-bond acceptors (Lipinski definition) is 3. The first-order valence-corrected chi connectivity index (χ1v) is 5.69. The van der Waals surface area contributed by atoms with Crippen LogP contribution in [0.25, 0.3) is 6.08 Å². The van der Waals surface area contributed by atoms with Gasteiger partial charge in [-0.05, 0) is 12.1 Å². The van der Waals surface area contributed by atoms with Crippen molar-refractivity contribution in [3.05, 3.63) is 35.4 Å². The second-order valence-corrected chi connectivity index (χ2v) is 4.99. The monoisotopic (exact) mass is 243 g/mol. The molecule has 0 heterocycles. The van der Waals surface area contributed by atoms with Gasteiger partial charge in [0.2, 0.25) is 0 Å². The Morgan fingerprint density at radius 2 is 1.94 bits per heavy atom. The minimum absolute atomic E-state index is 0.145. The minimum atomic E-state index is -0.566. The maximum absolute atomic E-state index is 12.1. The van der Waals surface area contributed by atoms with Gasteiger partial charge in [-0.1, -0.05) is 39.0 Å².